The fourth-order valence-corrected chi connectivity index (χ4v) is 6.30. The minimum absolute atomic E-state index is 0.361. The van der Waals surface area contributed by atoms with Crippen molar-refractivity contribution in [2.75, 3.05) is 0 Å². The van der Waals surface area contributed by atoms with E-state index in [1.165, 1.54) is 27.8 Å². The summed E-state index contributed by atoms with van der Waals surface area (Å²) >= 11 is 0. The van der Waals surface area contributed by atoms with Gasteiger partial charge in [-0.15, -0.1) is 0 Å². The Morgan fingerprint density at radius 1 is 0.568 bits per heavy atom. The summed E-state index contributed by atoms with van der Waals surface area (Å²) in [5.41, 5.74) is 13.7. The Hall–Kier alpha value is -3.85. The van der Waals surface area contributed by atoms with E-state index in [2.05, 4.69) is 134 Å². The average Bonchev–Trinajstić information content (AvgIpc) is 3.21. The van der Waals surface area contributed by atoms with Gasteiger partial charge in [-0.05, 0) is 83.2 Å². The van der Waals surface area contributed by atoms with Crippen LogP contribution in [-0.2, 0) is 6.42 Å². The molecule has 1 heterocycles. The van der Waals surface area contributed by atoms with E-state index in [9.17, 15) is 0 Å². The zero-order chi connectivity index (χ0) is 31.4. The number of hydrogen-bond donors (Lipinski definition) is 0. The lowest BCUT2D eigenvalue weighted by Crippen LogP contribution is -2.13. The maximum Gasteiger partial charge on any atom is 0.0966 e. The molecule has 3 heteroatoms. The molecular formula is C41H49N3. The molecule has 0 atom stereocenters. The molecule has 5 rings (SSSR count). The number of hydrogen-bond acceptors (Lipinski definition) is 3. The van der Waals surface area contributed by atoms with Gasteiger partial charge < -0.3 is 0 Å². The van der Waals surface area contributed by atoms with E-state index in [0.29, 0.717) is 23.7 Å². The third kappa shape index (κ3) is 6.78. The molecule has 0 saturated carbocycles. The molecule has 3 nitrogen and oxygen atoms in total. The quantitative estimate of drug-likeness (QED) is 0.150. The number of aliphatic imine (C=N–C) groups is 2. The highest BCUT2D eigenvalue weighted by atomic mass is 14.9. The number of nitrogens with zero attached hydrogens (tertiary/aromatic N) is 3. The molecule has 0 amide bonds. The summed E-state index contributed by atoms with van der Waals surface area (Å²) in [6, 6.07) is 28.3. The van der Waals surface area contributed by atoms with Crippen molar-refractivity contribution in [2.45, 2.75) is 105 Å². The number of aryl methyl sites for hydroxylation is 1. The first kappa shape index (κ1) is 31.6. The lowest BCUT2D eigenvalue weighted by molar-refractivity contribution is 0.775. The van der Waals surface area contributed by atoms with Gasteiger partial charge in [0.25, 0.3) is 0 Å². The van der Waals surface area contributed by atoms with Crippen LogP contribution in [0.5, 0.6) is 0 Å². The minimum Gasteiger partial charge on any atom is -0.251 e. The number of pyridine rings is 1. The van der Waals surface area contributed by atoms with Crippen LogP contribution in [0.3, 0.4) is 0 Å². The third-order valence-electron chi connectivity index (χ3n) is 8.81. The Morgan fingerprint density at radius 3 is 1.64 bits per heavy atom. The number of para-hydroxylation sites is 2. The van der Waals surface area contributed by atoms with Crippen LogP contribution < -0.4 is 0 Å². The maximum absolute atomic E-state index is 5.51. The van der Waals surface area contributed by atoms with Gasteiger partial charge in [-0.2, -0.15) is 0 Å². The van der Waals surface area contributed by atoms with Crippen LogP contribution in [0, 0.1) is 0 Å². The van der Waals surface area contributed by atoms with Crippen molar-refractivity contribution >= 4 is 22.8 Å². The lowest BCUT2D eigenvalue weighted by atomic mass is 9.92. The molecule has 0 unspecified atom stereocenters. The highest BCUT2D eigenvalue weighted by Crippen LogP contribution is 2.38. The van der Waals surface area contributed by atoms with E-state index < -0.39 is 0 Å². The van der Waals surface area contributed by atoms with E-state index in [0.717, 1.165) is 65.4 Å². The average molecular weight is 584 g/mol. The summed E-state index contributed by atoms with van der Waals surface area (Å²) in [6.07, 6.45) is 4.22. The smallest absolute Gasteiger partial charge is 0.0966 e. The van der Waals surface area contributed by atoms with E-state index in [1.807, 2.05) is 0 Å². The summed E-state index contributed by atoms with van der Waals surface area (Å²) in [6.45, 7) is 18.1. The Bertz CT molecular complexity index is 1600. The molecule has 0 radical (unpaired) electrons. The first-order chi connectivity index (χ1) is 21.2. The van der Waals surface area contributed by atoms with Crippen LogP contribution in [0.1, 0.15) is 143 Å². The summed E-state index contributed by atoms with van der Waals surface area (Å²) in [5.74, 6) is 1.51. The second-order valence-corrected chi connectivity index (χ2v) is 13.5. The van der Waals surface area contributed by atoms with E-state index in [-0.39, 0.29) is 0 Å². The molecule has 0 fully saturated rings. The summed E-state index contributed by atoms with van der Waals surface area (Å²) in [5, 5.41) is 0. The second-order valence-electron chi connectivity index (χ2n) is 13.5. The van der Waals surface area contributed by atoms with Crippen molar-refractivity contribution in [3.05, 3.63) is 124 Å². The monoisotopic (exact) mass is 583 g/mol. The molecule has 1 aliphatic rings. The molecule has 0 N–H and O–H groups in total. The van der Waals surface area contributed by atoms with Gasteiger partial charge in [0.05, 0.1) is 34.2 Å². The van der Waals surface area contributed by atoms with Gasteiger partial charge in [-0.3, -0.25) is 4.99 Å². The van der Waals surface area contributed by atoms with Gasteiger partial charge in [0.1, 0.15) is 0 Å². The fourth-order valence-electron chi connectivity index (χ4n) is 6.30. The summed E-state index contributed by atoms with van der Waals surface area (Å²) in [4.78, 5) is 16.5. The molecule has 0 spiro atoms. The molecule has 1 aromatic heterocycles. The van der Waals surface area contributed by atoms with Crippen molar-refractivity contribution in [1.29, 1.82) is 0 Å². The van der Waals surface area contributed by atoms with Crippen molar-refractivity contribution in [3.63, 3.8) is 0 Å². The summed E-state index contributed by atoms with van der Waals surface area (Å²) < 4.78 is 0. The minimum atomic E-state index is 0.361. The number of aromatic nitrogens is 1. The van der Waals surface area contributed by atoms with Gasteiger partial charge >= 0.3 is 0 Å². The fraction of sp³-hybridized carbons (Fsp3) is 0.390. The number of benzene rings is 3. The van der Waals surface area contributed by atoms with Gasteiger partial charge in [-0.25, -0.2) is 9.98 Å². The molecule has 0 saturated heterocycles. The van der Waals surface area contributed by atoms with Crippen LogP contribution in [0.25, 0.3) is 0 Å². The number of rotatable bonds is 8. The van der Waals surface area contributed by atoms with Crippen LogP contribution in [-0.4, -0.2) is 16.4 Å². The maximum atomic E-state index is 5.51. The second kappa shape index (κ2) is 13.8. The molecule has 228 valence electrons. The number of fused-ring (bicyclic) bond motifs is 1. The predicted octanol–water partition coefficient (Wildman–Crippen LogP) is 11.6. The van der Waals surface area contributed by atoms with Gasteiger partial charge in [0.15, 0.2) is 0 Å². The van der Waals surface area contributed by atoms with Crippen molar-refractivity contribution in [1.82, 2.24) is 4.98 Å². The zero-order valence-corrected chi connectivity index (χ0v) is 28.0. The zero-order valence-electron chi connectivity index (χ0n) is 28.0. The normalized spacial score (nSPS) is 15.0. The van der Waals surface area contributed by atoms with Crippen LogP contribution >= 0.6 is 0 Å². The van der Waals surface area contributed by atoms with Crippen LogP contribution in [0.2, 0.25) is 0 Å². The third-order valence-corrected chi connectivity index (χ3v) is 8.81. The van der Waals surface area contributed by atoms with Crippen LogP contribution in [0.4, 0.5) is 11.4 Å². The Morgan fingerprint density at radius 2 is 1.09 bits per heavy atom. The molecule has 0 aliphatic heterocycles. The van der Waals surface area contributed by atoms with Crippen molar-refractivity contribution in [2.24, 2.45) is 9.98 Å². The van der Waals surface area contributed by atoms with E-state index in [4.69, 9.17) is 15.0 Å². The largest absolute Gasteiger partial charge is 0.251 e. The Labute approximate surface area is 265 Å². The van der Waals surface area contributed by atoms with Crippen LogP contribution in [0.15, 0.2) is 88.8 Å². The van der Waals surface area contributed by atoms with E-state index >= 15 is 0 Å². The molecule has 1 aliphatic carbocycles. The standard InChI is InChI=1S/C41H49N3/c1-26(2)32-19-14-20-33(27(3)4)40(32)43-36-23-13-12-18-31-24-25-37(42-38(31)36)39(30-16-10-9-11-17-30)44-41-34(28(5)6)21-15-22-35(41)29(7)8/h9-11,14-17,19-22,24-29H,12-13,18,23H2,1-8H3. The molecular weight excluding hydrogens is 534 g/mol. The first-order valence-electron chi connectivity index (χ1n) is 16.6. The lowest BCUT2D eigenvalue weighted by Gasteiger charge is -2.19. The van der Waals surface area contributed by atoms with Crippen molar-refractivity contribution < 1.29 is 0 Å². The van der Waals surface area contributed by atoms with Gasteiger partial charge in [0.2, 0.25) is 0 Å². The molecule has 44 heavy (non-hydrogen) atoms. The predicted molar refractivity (Wildman–Crippen MR) is 189 cm³/mol. The van der Waals surface area contributed by atoms with Crippen molar-refractivity contribution in [3.8, 4) is 0 Å². The topological polar surface area (TPSA) is 37.6 Å². The van der Waals surface area contributed by atoms with E-state index in [1.54, 1.807) is 0 Å². The summed E-state index contributed by atoms with van der Waals surface area (Å²) in [7, 11) is 0. The highest BCUT2D eigenvalue weighted by Gasteiger charge is 2.22. The molecule has 4 aromatic rings. The Kier molecular flexibility index (Phi) is 9.93. The highest BCUT2D eigenvalue weighted by molar-refractivity contribution is 6.14. The van der Waals surface area contributed by atoms with Gasteiger partial charge in [0, 0.05) is 5.56 Å². The molecule has 0 bridgehead atoms. The molecule has 3 aromatic carbocycles. The first-order valence-corrected chi connectivity index (χ1v) is 16.6. The SMILES string of the molecule is CC(C)c1cccc(C(C)C)c1N=C(c1ccccc1)c1ccc2c(n1)C(=Nc1c(C(C)C)cccc1C(C)C)CCCC2. The van der Waals surface area contributed by atoms with Gasteiger partial charge in [-0.1, -0.05) is 128 Å². The Balaban J connectivity index is 1.75.